The molecule has 0 aliphatic carbocycles. The standard InChI is InChI=1S/C20H25N3O3S/c1-15-8-9-19(16(2)12-15)22-20(24)14-21-17-6-5-7-18(13-17)27(25,26)23-10-3-4-11-23/h5-9,12-13,21H,3-4,10-11,14H2,1-2H3,(H,22,24). The highest BCUT2D eigenvalue weighted by molar-refractivity contribution is 7.89. The van der Waals surface area contributed by atoms with Crippen LogP contribution in [-0.4, -0.2) is 38.3 Å². The Labute approximate surface area is 160 Å². The largest absolute Gasteiger partial charge is 0.376 e. The molecule has 2 aromatic rings. The molecule has 0 unspecified atom stereocenters. The van der Waals surface area contributed by atoms with Crippen molar-refractivity contribution >= 4 is 27.3 Å². The first-order chi connectivity index (χ1) is 12.9. The van der Waals surface area contributed by atoms with Crippen LogP contribution >= 0.6 is 0 Å². The van der Waals surface area contributed by atoms with Crippen LogP contribution in [0.4, 0.5) is 11.4 Å². The number of anilines is 2. The SMILES string of the molecule is Cc1ccc(NC(=O)CNc2cccc(S(=O)(=O)N3CCCC3)c2)c(C)c1. The molecule has 0 bridgehead atoms. The summed E-state index contributed by atoms with van der Waals surface area (Å²) in [5, 5.41) is 5.87. The summed E-state index contributed by atoms with van der Waals surface area (Å²) in [5.74, 6) is -0.185. The van der Waals surface area contributed by atoms with E-state index in [0.717, 1.165) is 29.7 Å². The van der Waals surface area contributed by atoms with Crippen LogP contribution < -0.4 is 10.6 Å². The molecule has 1 amide bonds. The van der Waals surface area contributed by atoms with Crippen LogP contribution in [0, 0.1) is 13.8 Å². The van der Waals surface area contributed by atoms with Gasteiger partial charge in [0.15, 0.2) is 0 Å². The summed E-state index contributed by atoms with van der Waals surface area (Å²) in [6.45, 7) is 5.14. The van der Waals surface area contributed by atoms with Gasteiger partial charge in [0.1, 0.15) is 0 Å². The van der Waals surface area contributed by atoms with Crippen LogP contribution in [0.2, 0.25) is 0 Å². The first-order valence-electron chi connectivity index (χ1n) is 9.07. The molecule has 0 aromatic heterocycles. The zero-order valence-corrected chi connectivity index (χ0v) is 16.5. The number of sulfonamides is 1. The van der Waals surface area contributed by atoms with Crippen LogP contribution in [0.5, 0.6) is 0 Å². The molecule has 0 radical (unpaired) electrons. The molecule has 27 heavy (non-hydrogen) atoms. The summed E-state index contributed by atoms with van der Waals surface area (Å²) in [6, 6.07) is 12.5. The lowest BCUT2D eigenvalue weighted by Gasteiger charge is -2.16. The zero-order valence-electron chi connectivity index (χ0n) is 15.7. The molecule has 0 atom stereocenters. The van der Waals surface area contributed by atoms with Crippen LogP contribution in [0.15, 0.2) is 47.4 Å². The quantitative estimate of drug-likeness (QED) is 0.798. The van der Waals surface area contributed by atoms with Crippen molar-refractivity contribution in [1.29, 1.82) is 0 Å². The number of carbonyl (C=O) groups is 1. The summed E-state index contributed by atoms with van der Waals surface area (Å²) in [5.41, 5.74) is 3.52. The molecule has 6 nitrogen and oxygen atoms in total. The van der Waals surface area contributed by atoms with Gasteiger partial charge in [0.2, 0.25) is 15.9 Å². The minimum absolute atomic E-state index is 0.0561. The Bertz CT molecular complexity index is 935. The third-order valence-corrected chi connectivity index (χ3v) is 6.54. The van der Waals surface area contributed by atoms with Gasteiger partial charge in [-0.2, -0.15) is 4.31 Å². The Morgan fingerprint density at radius 1 is 1.07 bits per heavy atom. The summed E-state index contributed by atoms with van der Waals surface area (Å²) >= 11 is 0. The van der Waals surface area contributed by atoms with Crippen molar-refractivity contribution in [3.8, 4) is 0 Å². The summed E-state index contributed by atoms with van der Waals surface area (Å²) < 4.78 is 26.8. The Kier molecular flexibility index (Phi) is 5.82. The predicted octanol–water partition coefficient (Wildman–Crippen LogP) is 3.14. The molecule has 2 N–H and O–H groups in total. The maximum Gasteiger partial charge on any atom is 0.243 e. The van der Waals surface area contributed by atoms with Gasteiger partial charge >= 0.3 is 0 Å². The maximum absolute atomic E-state index is 12.6. The number of carbonyl (C=O) groups excluding carboxylic acids is 1. The molecule has 144 valence electrons. The third-order valence-electron chi connectivity index (χ3n) is 4.65. The summed E-state index contributed by atoms with van der Waals surface area (Å²) in [4.78, 5) is 12.5. The van der Waals surface area contributed by atoms with Crippen molar-refractivity contribution in [2.24, 2.45) is 0 Å². The second-order valence-corrected chi connectivity index (χ2v) is 8.80. The highest BCUT2D eigenvalue weighted by atomic mass is 32.2. The number of rotatable bonds is 6. The van der Waals surface area contributed by atoms with Crippen LogP contribution in [0.25, 0.3) is 0 Å². The fourth-order valence-electron chi connectivity index (χ4n) is 3.17. The number of benzene rings is 2. The van der Waals surface area contributed by atoms with Gasteiger partial charge in [0.05, 0.1) is 11.4 Å². The highest BCUT2D eigenvalue weighted by Crippen LogP contribution is 2.23. The molecule has 0 saturated carbocycles. The number of amides is 1. The Hall–Kier alpha value is -2.38. The van der Waals surface area contributed by atoms with Crippen molar-refractivity contribution in [1.82, 2.24) is 4.31 Å². The second-order valence-electron chi connectivity index (χ2n) is 6.86. The summed E-state index contributed by atoms with van der Waals surface area (Å²) in [7, 11) is -3.47. The van der Waals surface area contributed by atoms with E-state index in [9.17, 15) is 13.2 Å². The van der Waals surface area contributed by atoms with Gasteiger partial charge in [-0.25, -0.2) is 8.42 Å². The molecule has 1 saturated heterocycles. The lowest BCUT2D eigenvalue weighted by molar-refractivity contribution is -0.114. The number of hydrogen-bond donors (Lipinski definition) is 2. The molecule has 3 rings (SSSR count). The van der Waals surface area contributed by atoms with Crippen molar-refractivity contribution in [2.75, 3.05) is 30.3 Å². The molecule has 1 aliphatic heterocycles. The van der Waals surface area contributed by atoms with E-state index in [2.05, 4.69) is 10.6 Å². The Morgan fingerprint density at radius 2 is 1.81 bits per heavy atom. The normalized spacial score (nSPS) is 14.9. The number of nitrogens with one attached hydrogen (secondary N) is 2. The fourth-order valence-corrected chi connectivity index (χ4v) is 4.74. The van der Waals surface area contributed by atoms with E-state index in [4.69, 9.17) is 0 Å². The Morgan fingerprint density at radius 3 is 2.52 bits per heavy atom. The average Bonchev–Trinajstić information content (AvgIpc) is 3.18. The Balaban J connectivity index is 1.63. The van der Waals surface area contributed by atoms with Crippen molar-refractivity contribution in [2.45, 2.75) is 31.6 Å². The van der Waals surface area contributed by atoms with E-state index in [0.29, 0.717) is 18.8 Å². The molecule has 1 heterocycles. The van der Waals surface area contributed by atoms with Crippen LogP contribution in [0.3, 0.4) is 0 Å². The fraction of sp³-hybridized carbons (Fsp3) is 0.350. The molecule has 1 fully saturated rings. The first kappa shape index (κ1) is 19.4. The maximum atomic E-state index is 12.6. The molecule has 2 aromatic carbocycles. The van der Waals surface area contributed by atoms with Gasteiger partial charge in [0.25, 0.3) is 0 Å². The van der Waals surface area contributed by atoms with Crippen LogP contribution in [0.1, 0.15) is 24.0 Å². The molecular formula is C20H25N3O3S. The molecular weight excluding hydrogens is 362 g/mol. The topological polar surface area (TPSA) is 78.5 Å². The number of aryl methyl sites for hydroxylation is 2. The monoisotopic (exact) mass is 387 g/mol. The van der Waals surface area contributed by atoms with E-state index in [-0.39, 0.29) is 17.3 Å². The lowest BCUT2D eigenvalue weighted by Crippen LogP contribution is -2.28. The van der Waals surface area contributed by atoms with Gasteiger partial charge in [0, 0.05) is 24.5 Å². The van der Waals surface area contributed by atoms with E-state index >= 15 is 0 Å². The van der Waals surface area contributed by atoms with Gasteiger partial charge in [-0.3, -0.25) is 4.79 Å². The minimum Gasteiger partial charge on any atom is -0.376 e. The van der Waals surface area contributed by atoms with Crippen LogP contribution in [-0.2, 0) is 14.8 Å². The van der Waals surface area contributed by atoms with Gasteiger partial charge in [-0.05, 0) is 56.5 Å². The second kappa shape index (κ2) is 8.10. The number of nitrogens with zero attached hydrogens (tertiary/aromatic N) is 1. The molecule has 7 heteroatoms. The third kappa shape index (κ3) is 4.67. The van der Waals surface area contributed by atoms with E-state index in [1.807, 2.05) is 32.0 Å². The van der Waals surface area contributed by atoms with Gasteiger partial charge in [-0.1, -0.05) is 23.8 Å². The zero-order chi connectivity index (χ0) is 19.4. The summed E-state index contributed by atoms with van der Waals surface area (Å²) in [6.07, 6.45) is 1.80. The van der Waals surface area contributed by atoms with E-state index < -0.39 is 10.0 Å². The first-order valence-corrected chi connectivity index (χ1v) is 10.5. The lowest BCUT2D eigenvalue weighted by atomic mass is 10.1. The van der Waals surface area contributed by atoms with Crippen molar-refractivity contribution in [3.63, 3.8) is 0 Å². The van der Waals surface area contributed by atoms with E-state index in [1.165, 1.54) is 4.31 Å². The van der Waals surface area contributed by atoms with E-state index in [1.54, 1.807) is 24.3 Å². The minimum atomic E-state index is -3.47. The van der Waals surface area contributed by atoms with Gasteiger partial charge < -0.3 is 10.6 Å². The van der Waals surface area contributed by atoms with Crippen molar-refractivity contribution in [3.05, 3.63) is 53.6 Å². The average molecular weight is 388 g/mol. The molecule has 0 spiro atoms. The predicted molar refractivity (Wildman–Crippen MR) is 107 cm³/mol. The molecule has 1 aliphatic rings. The van der Waals surface area contributed by atoms with Crippen molar-refractivity contribution < 1.29 is 13.2 Å². The van der Waals surface area contributed by atoms with Gasteiger partial charge in [-0.15, -0.1) is 0 Å². The smallest absolute Gasteiger partial charge is 0.243 e. The highest BCUT2D eigenvalue weighted by Gasteiger charge is 2.27. The number of hydrogen-bond acceptors (Lipinski definition) is 4.